The van der Waals surface area contributed by atoms with Crippen LogP contribution < -0.4 is 15.5 Å². The zero-order valence-corrected chi connectivity index (χ0v) is 18.8. The first kappa shape index (κ1) is 21.8. The van der Waals surface area contributed by atoms with Gasteiger partial charge in [0.1, 0.15) is 11.6 Å². The Kier molecular flexibility index (Phi) is 6.88. The Morgan fingerprint density at radius 1 is 1.06 bits per heavy atom. The van der Waals surface area contributed by atoms with Gasteiger partial charge in [-0.05, 0) is 68.0 Å². The summed E-state index contributed by atoms with van der Waals surface area (Å²) in [7, 11) is 4.02. The van der Waals surface area contributed by atoms with Crippen LogP contribution in [0, 0.1) is 11.7 Å². The Bertz CT molecular complexity index is 1030. The summed E-state index contributed by atoms with van der Waals surface area (Å²) in [5.41, 5.74) is 1.97. The van der Waals surface area contributed by atoms with Gasteiger partial charge in [0, 0.05) is 32.1 Å². The van der Waals surface area contributed by atoms with E-state index in [1.807, 2.05) is 37.2 Å². The van der Waals surface area contributed by atoms with Crippen molar-refractivity contribution in [1.29, 1.82) is 0 Å². The summed E-state index contributed by atoms with van der Waals surface area (Å²) in [6, 6.07) is 13.4. The molecule has 1 heterocycles. The van der Waals surface area contributed by atoms with Crippen LogP contribution in [0.1, 0.15) is 31.2 Å². The van der Waals surface area contributed by atoms with Crippen molar-refractivity contribution in [2.45, 2.75) is 38.3 Å². The number of hydrogen-bond donors (Lipinski definition) is 2. The van der Waals surface area contributed by atoms with Crippen molar-refractivity contribution < 1.29 is 4.39 Å². The molecule has 1 fully saturated rings. The minimum atomic E-state index is -0.371. The molecule has 0 spiro atoms. The van der Waals surface area contributed by atoms with E-state index in [-0.39, 0.29) is 10.8 Å². The maximum atomic E-state index is 13.3. The Balaban J connectivity index is 1.29. The largest absolute Gasteiger partial charge is 0.362 e. The second-order valence-electron chi connectivity index (χ2n) is 8.52. The predicted octanol–water partition coefficient (Wildman–Crippen LogP) is 5.25. The summed E-state index contributed by atoms with van der Waals surface area (Å²) >= 11 is 5.86. The van der Waals surface area contributed by atoms with Crippen LogP contribution in [0.4, 0.5) is 16.2 Å². The van der Waals surface area contributed by atoms with Crippen LogP contribution in [0.25, 0.3) is 10.9 Å². The van der Waals surface area contributed by atoms with Gasteiger partial charge in [0.15, 0.2) is 0 Å². The molecule has 164 valence electrons. The Morgan fingerprint density at radius 2 is 1.84 bits per heavy atom. The summed E-state index contributed by atoms with van der Waals surface area (Å²) in [5, 5.41) is 8.30. The number of aromatic nitrogens is 2. The fourth-order valence-corrected chi connectivity index (χ4v) is 4.43. The minimum Gasteiger partial charge on any atom is -0.362 e. The third-order valence-corrected chi connectivity index (χ3v) is 6.22. The fourth-order valence-electron chi connectivity index (χ4n) is 4.23. The quantitative estimate of drug-likeness (QED) is 0.524. The summed E-state index contributed by atoms with van der Waals surface area (Å²) in [6.45, 7) is 1.66. The van der Waals surface area contributed by atoms with Gasteiger partial charge >= 0.3 is 0 Å². The lowest BCUT2D eigenvalue weighted by molar-refractivity contribution is 0.324. The molecule has 0 bridgehead atoms. The highest BCUT2D eigenvalue weighted by molar-refractivity contribution is 6.30. The first-order valence-electron chi connectivity index (χ1n) is 10.8. The normalized spacial score (nSPS) is 18.8. The number of anilines is 2. The molecule has 0 unspecified atom stereocenters. The highest BCUT2D eigenvalue weighted by atomic mass is 35.5. The molecule has 2 N–H and O–H groups in total. The van der Waals surface area contributed by atoms with Gasteiger partial charge in [0.2, 0.25) is 5.95 Å². The molecule has 1 saturated carbocycles. The molecule has 0 aliphatic heterocycles. The average Bonchev–Trinajstić information content (AvgIpc) is 2.77. The maximum absolute atomic E-state index is 13.3. The van der Waals surface area contributed by atoms with Crippen molar-refractivity contribution in [3.8, 4) is 0 Å². The molecular formula is C24H29ClFN5. The van der Waals surface area contributed by atoms with Crippen LogP contribution in [0.3, 0.4) is 0 Å². The van der Waals surface area contributed by atoms with E-state index in [1.165, 1.54) is 6.07 Å². The van der Waals surface area contributed by atoms with Gasteiger partial charge in [0.05, 0.1) is 10.5 Å². The average molecular weight is 442 g/mol. The van der Waals surface area contributed by atoms with Crippen molar-refractivity contribution in [3.05, 3.63) is 58.9 Å². The zero-order valence-electron chi connectivity index (χ0n) is 18.0. The van der Waals surface area contributed by atoms with Gasteiger partial charge < -0.3 is 15.5 Å². The predicted molar refractivity (Wildman–Crippen MR) is 126 cm³/mol. The maximum Gasteiger partial charge on any atom is 0.225 e. The van der Waals surface area contributed by atoms with Crippen molar-refractivity contribution >= 4 is 34.3 Å². The van der Waals surface area contributed by atoms with Gasteiger partial charge in [-0.2, -0.15) is 4.98 Å². The molecule has 0 radical (unpaired) electrons. The van der Waals surface area contributed by atoms with Gasteiger partial charge in [-0.1, -0.05) is 29.8 Å². The van der Waals surface area contributed by atoms with Gasteiger partial charge in [-0.3, -0.25) is 0 Å². The Morgan fingerprint density at radius 3 is 2.58 bits per heavy atom. The molecule has 0 atom stereocenters. The molecule has 31 heavy (non-hydrogen) atoms. The van der Waals surface area contributed by atoms with E-state index >= 15 is 0 Å². The van der Waals surface area contributed by atoms with Crippen molar-refractivity contribution in [2.75, 3.05) is 30.9 Å². The highest BCUT2D eigenvalue weighted by Gasteiger charge is 2.22. The van der Waals surface area contributed by atoms with Crippen molar-refractivity contribution in [2.24, 2.45) is 5.92 Å². The third kappa shape index (κ3) is 5.43. The molecule has 1 aliphatic carbocycles. The molecular weight excluding hydrogens is 413 g/mol. The number of para-hydroxylation sites is 1. The van der Waals surface area contributed by atoms with E-state index in [9.17, 15) is 4.39 Å². The number of nitrogens with zero attached hydrogens (tertiary/aromatic N) is 3. The van der Waals surface area contributed by atoms with E-state index in [0.717, 1.165) is 54.5 Å². The number of hydrogen-bond acceptors (Lipinski definition) is 5. The summed E-state index contributed by atoms with van der Waals surface area (Å²) in [4.78, 5) is 11.5. The zero-order chi connectivity index (χ0) is 21.8. The molecule has 2 aromatic carbocycles. The lowest BCUT2D eigenvalue weighted by atomic mass is 9.86. The second-order valence-corrected chi connectivity index (χ2v) is 8.93. The van der Waals surface area contributed by atoms with Gasteiger partial charge in [-0.15, -0.1) is 0 Å². The van der Waals surface area contributed by atoms with Gasteiger partial charge in [0.25, 0.3) is 0 Å². The molecule has 1 aliphatic rings. The number of benzene rings is 2. The van der Waals surface area contributed by atoms with E-state index in [0.29, 0.717) is 24.5 Å². The molecule has 3 aromatic rings. The SMILES string of the molecule is CN(C)c1nc(N[C@H]2CC[C@@H](CNCc3ccc(F)c(Cl)c3)CC2)nc2ccccc12. The summed E-state index contributed by atoms with van der Waals surface area (Å²) in [6.07, 6.45) is 4.51. The number of halogens is 2. The van der Waals surface area contributed by atoms with E-state index in [1.54, 1.807) is 12.1 Å². The van der Waals surface area contributed by atoms with Gasteiger partial charge in [-0.25, -0.2) is 9.37 Å². The van der Waals surface area contributed by atoms with Crippen molar-refractivity contribution in [3.63, 3.8) is 0 Å². The molecule has 1 aromatic heterocycles. The van der Waals surface area contributed by atoms with Crippen LogP contribution in [-0.2, 0) is 6.54 Å². The number of nitrogens with one attached hydrogen (secondary N) is 2. The Hall–Kier alpha value is -2.44. The van der Waals surface area contributed by atoms with Crippen molar-refractivity contribution in [1.82, 2.24) is 15.3 Å². The standard InChI is InChI=1S/C24H29ClFN5/c1-31(2)23-19-5-3-4-6-22(19)29-24(30-23)28-18-10-7-16(8-11-18)14-27-15-17-9-12-21(26)20(25)13-17/h3-6,9,12-13,16,18,27H,7-8,10-11,14-15H2,1-2H3,(H,28,29,30)/t16-,18+. The lowest BCUT2D eigenvalue weighted by Crippen LogP contribution is -2.31. The van der Waals surface area contributed by atoms with Crippen LogP contribution in [0.2, 0.25) is 5.02 Å². The lowest BCUT2D eigenvalue weighted by Gasteiger charge is -2.29. The van der Waals surface area contributed by atoms with Crippen LogP contribution in [-0.4, -0.2) is 36.6 Å². The van der Waals surface area contributed by atoms with E-state index < -0.39 is 0 Å². The molecule has 7 heteroatoms. The molecule has 0 amide bonds. The van der Waals surface area contributed by atoms with E-state index in [2.05, 4.69) is 16.7 Å². The minimum absolute atomic E-state index is 0.180. The highest BCUT2D eigenvalue weighted by Crippen LogP contribution is 2.28. The van der Waals surface area contributed by atoms with Crippen LogP contribution >= 0.6 is 11.6 Å². The van der Waals surface area contributed by atoms with Crippen LogP contribution in [0.5, 0.6) is 0 Å². The summed E-state index contributed by atoms with van der Waals surface area (Å²) < 4.78 is 13.3. The first-order valence-corrected chi connectivity index (χ1v) is 11.2. The van der Waals surface area contributed by atoms with E-state index in [4.69, 9.17) is 21.6 Å². The van der Waals surface area contributed by atoms with Crippen LogP contribution in [0.15, 0.2) is 42.5 Å². The molecule has 4 rings (SSSR count). The monoisotopic (exact) mass is 441 g/mol. The second kappa shape index (κ2) is 9.79. The molecule has 5 nitrogen and oxygen atoms in total. The number of rotatable bonds is 7. The first-order chi connectivity index (χ1) is 15.0. The Labute approximate surface area is 188 Å². The third-order valence-electron chi connectivity index (χ3n) is 5.93. The smallest absolute Gasteiger partial charge is 0.225 e. The molecule has 0 saturated heterocycles. The number of fused-ring (bicyclic) bond motifs is 1. The topological polar surface area (TPSA) is 53.1 Å². The fraction of sp³-hybridized carbons (Fsp3) is 0.417. The summed E-state index contributed by atoms with van der Waals surface area (Å²) in [5.74, 6) is 1.91.